The van der Waals surface area contributed by atoms with Gasteiger partial charge < -0.3 is 5.73 Å². The summed E-state index contributed by atoms with van der Waals surface area (Å²) in [5, 5.41) is 10.1. The van der Waals surface area contributed by atoms with Crippen LogP contribution in [0.1, 0.15) is 10.5 Å². The number of nitrogens with one attached hydrogen (secondary N) is 1. The van der Waals surface area contributed by atoms with Gasteiger partial charge in [-0.15, -0.1) is 11.8 Å². The Balaban J connectivity index is 2.50. The molecule has 0 aliphatic carbocycles. The molecular weight excluding hydrogens is 304 g/mol. The molecule has 0 atom stereocenters. The van der Waals surface area contributed by atoms with Gasteiger partial charge in [0.15, 0.2) is 5.69 Å². The molecule has 2 aromatic rings. The third-order valence-corrected chi connectivity index (χ3v) is 3.92. The van der Waals surface area contributed by atoms with E-state index in [1.165, 1.54) is 0 Å². The number of hydrogen-bond acceptors (Lipinski definition) is 4. The van der Waals surface area contributed by atoms with Crippen molar-refractivity contribution in [3.8, 4) is 11.3 Å². The van der Waals surface area contributed by atoms with Crippen molar-refractivity contribution in [2.75, 3.05) is 6.26 Å². The first-order valence-electron chi connectivity index (χ1n) is 4.68. The number of thioether (sulfide) groups is 1. The minimum atomic E-state index is -0.598. The van der Waals surface area contributed by atoms with Gasteiger partial charge in [0.1, 0.15) is 5.69 Å². The monoisotopic (exact) mass is 312 g/mol. The highest BCUT2D eigenvalue weighted by atomic mass is 79.9. The summed E-state index contributed by atoms with van der Waals surface area (Å²) in [6.45, 7) is 0. The lowest BCUT2D eigenvalue weighted by Crippen LogP contribution is -2.12. The first-order valence-corrected chi connectivity index (χ1v) is 6.69. The molecule has 0 saturated heterocycles. The van der Waals surface area contributed by atoms with Gasteiger partial charge in [0.25, 0.3) is 5.91 Å². The van der Waals surface area contributed by atoms with E-state index in [1.807, 2.05) is 24.5 Å². The van der Waals surface area contributed by atoms with Gasteiger partial charge in [0.2, 0.25) is 0 Å². The van der Waals surface area contributed by atoms with E-state index in [1.54, 1.807) is 11.8 Å². The Morgan fingerprint density at radius 2 is 2.24 bits per heavy atom. The fraction of sp³-hybridized carbons (Fsp3) is 0.100. The number of nitrogens with two attached hydrogens (primary N) is 1. The van der Waals surface area contributed by atoms with Crippen LogP contribution in [0.25, 0.3) is 11.3 Å². The maximum absolute atomic E-state index is 11.1. The van der Waals surface area contributed by atoms with Crippen molar-refractivity contribution in [2.24, 2.45) is 5.73 Å². The number of nitrogens with zero attached hydrogens (tertiary/aromatic N) is 2. The normalized spacial score (nSPS) is 10.5. The number of primary amides is 1. The van der Waals surface area contributed by atoms with E-state index in [4.69, 9.17) is 5.73 Å². The summed E-state index contributed by atoms with van der Waals surface area (Å²) in [5.74, 6) is -0.598. The van der Waals surface area contributed by atoms with Crippen molar-refractivity contribution < 1.29 is 4.79 Å². The van der Waals surface area contributed by atoms with Crippen LogP contribution in [0.4, 0.5) is 0 Å². The highest BCUT2D eigenvalue weighted by molar-refractivity contribution is 9.10. The Morgan fingerprint density at radius 1 is 1.47 bits per heavy atom. The van der Waals surface area contributed by atoms with Crippen LogP contribution in [0.15, 0.2) is 27.6 Å². The van der Waals surface area contributed by atoms with Gasteiger partial charge in [-0.05, 0) is 34.3 Å². The standard InChI is InChI=1S/C10H9BrN4OS/c1-17-7-3-2-5(4-6(7)11)8-9(10(12)16)14-15-13-8/h2-4H,1H3,(H2,12,16)(H,13,14,15). The first kappa shape index (κ1) is 12.1. The predicted octanol–water partition coefficient (Wildman–Crippen LogP) is 2.05. The van der Waals surface area contributed by atoms with E-state index in [0.717, 1.165) is 14.9 Å². The van der Waals surface area contributed by atoms with Crippen molar-refractivity contribution in [1.82, 2.24) is 15.4 Å². The lowest BCUT2D eigenvalue weighted by molar-refractivity contribution is 0.0996. The highest BCUT2D eigenvalue weighted by Crippen LogP contribution is 2.30. The number of hydrogen-bond donors (Lipinski definition) is 2. The summed E-state index contributed by atoms with van der Waals surface area (Å²) in [6, 6.07) is 5.71. The van der Waals surface area contributed by atoms with Crippen LogP contribution in [0, 0.1) is 0 Å². The van der Waals surface area contributed by atoms with Gasteiger partial charge in [-0.2, -0.15) is 15.4 Å². The van der Waals surface area contributed by atoms with Gasteiger partial charge in [0, 0.05) is 14.9 Å². The molecule has 0 spiro atoms. The molecule has 0 unspecified atom stereocenters. The SMILES string of the molecule is CSc1ccc(-c2n[nH]nc2C(N)=O)cc1Br. The summed E-state index contributed by atoms with van der Waals surface area (Å²) in [7, 11) is 0. The van der Waals surface area contributed by atoms with E-state index in [-0.39, 0.29) is 5.69 Å². The lowest BCUT2D eigenvalue weighted by atomic mass is 10.1. The molecule has 88 valence electrons. The topological polar surface area (TPSA) is 84.7 Å². The molecule has 0 radical (unpaired) electrons. The zero-order chi connectivity index (χ0) is 12.4. The molecule has 0 aliphatic heterocycles. The quantitative estimate of drug-likeness (QED) is 0.849. The Bertz CT molecular complexity index is 569. The molecule has 2 rings (SSSR count). The van der Waals surface area contributed by atoms with Gasteiger partial charge in [-0.1, -0.05) is 6.07 Å². The second-order valence-electron chi connectivity index (χ2n) is 3.23. The van der Waals surface area contributed by atoms with Gasteiger partial charge in [0.05, 0.1) is 0 Å². The molecule has 0 fully saturated rings. The fourth-order valence-corrected chi connectivity index (χ4v) is 2.74. The third-order valence-electron chi connectivity index (χ3n) is 2.21. The number of halogens is 1. The zero-order valence-corrected chi connectivity index (χ0v) is 11.3. The summed E-state index contributed by atoms with van der Waals surface area (Å²) < 4.78 is 0.945. The summed E-state index contributed by atoms with van der Waals surface area (Å²) in [6.07, 6.45) is 1.99. The minimum absolute atomic E-state index is 0.147. The summed E-state index contributed by atoms with van der Waals surface area (Å²) in [4.78, 5) is 12.3. The molecule has 1 aromatic heterocycles. The Hall–Kier alpha value is -1.34. The van der Waals surface area contributed by atoms with Gasteiger partial charge in [-0.25, -0.2) is 0 Å². The number of aromatic amines is 1. The minimum Gasteiger partial charge on any atom is -0.364 e. The van der Waals surface area contributed by atoms with E-state index < -0.39 is 5.91 Å². The van der Waals surface area contributed by atoms with E-state index in [0.29, 0.717) is 5.69 Å². The molecule has 1 aromatic carbocycles. The largest absolute Gasteiger partial charge is 0.364 e. The molecule has 1 amide bonds. The van der Waals surface area contributed by atoms with E-state index in [9.17, 15) is 4.79 Å². The number of aromatic nitrogens is 3. The van der Waals surface area contributed by atoms with Crippen LogP contribution in [0.3, 0.4) is 0 Å². The molecule has 3 N–H and O–H groups in total. The molecule has 0 aliphatic rings. The van der Waals surface area contributed by atoms with E-state index >= 15 is 0 Å². The highest BCUT2D eigenvalue weighted by Gasteiger charge is 2.15. The van der Waals surface area contributed by atoms with Gasteiger partial charge in [-0.3, -0.25) is 4.79 Å². The molecule has 17 heavy (non-hydrogen) atoms. The Morgan fingerprint density at radius 3 is 2.82 bits per heavy atom. The van der Waals surface area contributed by atoms with Crippen LogP contribution < -0.4 is 5.73 Å². The average Bonchev–Trinajstić information content (AvgIpc) is 2.77. The van der Waals surface area contributed by atoms with Crippen molar-refractivity contribution in [3.63, 3.8) is 0 Å². The number of rotatable bonds is 3. The molecule has 7 heteroatoms. The fourth-order valence-electron chi connectivity index (χ4n) is 1.42. The summed E-state index contributed by atoms with van der Waals surface area (Å²) in [5.41, 5.74) is 6.61. The third kappa shape index (κ3) is 2.34. The summed E-state index contributed by atoms with van der Waals surface area (Å²) >= 11 is 5.09. The second-order valence-corrected chi connectivity index (χ2v) is 4.94. The van der Waals surface area contributed by atoms with Crippen molar-refractivity contribution in [3.05, 3.63) is 28.4 Å². The number of benzene rings is 1. The van der Waals surface area contributed by atoms with E-state index in [2.05, 4.69) is 31.3 Å². The molecular formula is C10H9BrN4OS. The number of H-pyrrole nitrogens is 1. The smallest absolute Gasteiger partial charge is 0.271 e. The lowest BCUT2D eigenvalue weighted by Gasteiger charge is -2.03. The van der Waals surface area contributed by atoms with Crippen molar-refractivity contribution >= 4 is 33.6 Å². The molecule has 5 nitrogen and oxygen atoms in total. The Kier molecular flexibility index (Phi) is 3.49. The second kappa shape index (κ2) is 4.89. The van der Waals surface area contributed by atoms with Crippen LogP contribution in [0.2, 0.25) is 0 Å². The zero-order valence-electron chi connectivity index (χ0n) is 8.90. The predicted molar refractivity (Wildman–Crippen MR) is 69.8 cm³/mol. The van der Waals surface area contributed by atoms with Crippen LogP contribution in [-0.2, 0) is 0 Å². The maximum atomic E-state index is 11.1. The number of amides is 1. The van der Waals surface area contributed by atoms with Crippen LogP contribution in [0.5, 0.6) is 0 Å². The Labute approximate surface area is 110 Å². The van der Waals surface area contributed by atoms with Crippen molar-refractivity contribution in [1.29, 1.82) is 0 Å². The van der Waals surface area contributed by atoms with Crippen LogP contribution >= 0.6 is 27.7 Å². The molecule has 1 heterocycles. The van der Waals surface area contributed by atoms with Crippen molar-refractivity contribution in [2.45, 2.75) is 4.90 Å². The molecule has 0 saturated carbocycles. The maximum Gasteiger partial charge on any atom is 0.271 e. The molecule has 0 bridgehead atoms. The average molecular weight is 313 g/mol. The number of carbonyl (C=O) groups is 1. The first-order chi connectivity index (χ1) is 8.13. The van der Waals surface area contributed by atoms with Gasteiger partial charge >= 0.3 is 0 Å². The number of carbonyl (C=O) groups excluding carboxylic acids is 1. The van der Waals surface area contributed by atoms with Crippen LogP contribution in [-0.4, -0.2) is 27.6 Å².